The predicted octanol–water partition coefficient (Wildman–Crippen LogP) is 0.471. The summed E-state index contributed by atoms with van der Waals surface area (Å²) in [5.41, 5.74) is -0.193. The number of ether oxygens (including phenoxy) is 1. The fourth-order valence-corrected chi connectivity index (χ4v) is 1.18. The van der Waals surface area contributed by atoms with Gasteiger partial charge in [-0.1, -0.05) is 12.7 Å². The summed E-state index contributed by atoms with van der Waals surface area (Å²) in [6.45, 7) is 3.89. The Kier molecular flexibility index (Phi) is 1.92. The third-order valence-electron chi connectivity index (χ3n) is 1.91. The van der Waals surface area contributed by atoms with Gasteiger partial charge in [-0.3, -0.25) is 0 Å². The Balaban J connectivity index is 2.23. The SMILES string of the molecule is C=CCOc1n[nH]c(=O)n1C1CC1. The summed E-state index contributed by atoms with van der Waals surface area (Å²) >= 11 is 0. The minimum atomic E-state index is -0.193. The molecule has 1 N–H and O–H groups in total. The first kappa shape index (κ1) is 8.10. The molecule has 5 nitrogen and oxygen atoms in total. The van der Waals surface area contributed by atoms with Crippen LogP contribution in [0.25, 0.3) is 0 Å². The van der Waals surface area contributed by atoms with Gasteiger partial charge < -0.3 is 4.74 Å². The molecule has 0 amide bonds. The molecule has 0 aliphatic heterocycles. The molecule has 13 heavy (non-hydrogen) atoms. The van der Waals surface area contributed by atoms with Crippen LogP contribution in [0.3, 0.4) is 0 Å². The second-order valence-electron chi connectivity index (χ2n) is 3.01. The predicted molar refractivity (Wildman–Crippen MR) is 46.8 cm³/mol. The number of hydrogen-bond acceptors (Lipinski definition) is 3. The Hall–Kier alpha value is -1.52. The Morgan fingerprint density at radius 1 is 1.77 bits per heavy atom. The van der Waals surface area contributed by atoms with Crippen molar-refractivity contribution < 1.29 is 4.74 Å². The van der Waals surface area contributed by atoms with Gasteiger partial charge in [0.15, 0.2) is 0 Å². The van der Waals surface area contributed by atoms with Crippen molar-refractivity contribution in [3.8, 4) is 6.01 Å². The van der Waals surface area contributed by atoms with E-state index in [2.05, 4.69) is 16.8 Å². The van der Waals surface area contributed by atoms with Gasteiger partial charge in [0.1, 0.15) is 6.61 Å². The molecule has 0 atom stereocenters. The number of nitrogens with one attached hydrogen (secondary N) is 1. The molecule has 5 heteroatoms. The molecule has 0 spiro atoms. The molecule has 1 aliphatic rings. The maximum absolute atomic E-state index is 11.2. The fourth-order valence-electron chi connectivity index (χ4n) is 1.18. The number of H-pyrrole nitrogens is 1. The van der Waals surface area contributed by atoms with Gasteiger partial charge in [-0.15, -0.1) is 5.10 Å². The third kappa shape index (κ3) is 1.49. The highest BCUT2D eigenvalue weighted by Crippen LogP contribution is 2.35. The summed E-state index contributed by atoms with van der Waals surface area (Å²) in [4.78, 5) is 11.2. The number of aromatic amines is 1. The first-order valence-corrected chi connectivity index (χ1v) is 4.23. The first-order chi connectivity index (χ1) is 6.33. The highest BCUT2D eigenvalue weighted by atomic mass is 16.5. The summed E-state index contributed by atoms with van der Waals surface area (Å²) < 4.78 is 6.77. The van der Waals surface area contributed by atoms with Crippen LogP contribution in [0.4, 0.5) is 0 Å². The minimum Gasteiger partial charge on any atom is -0.459 e. The van der Waals surface area contributed by atoms with Crippen molar-refractivity contribution in [2.45, 2.75) is 18.9 Å². The monoisotopic (exact) mass is 181 g/mol. The lowest BCUT2D eigenvalue weighted by atomic mass is 10.6. The maximum Gasteiger partial charge on any atom is 0.346 e. The van der Waals surface area contributed by atoms with Crippen LogP contribution in [-0.2, 0) is 0 Å². The van der Waals surface area contributed by atoms with E-state index in [0.29, 0.717) is 12.6 Å². The van der Waals surface area contributed by atoms with E-state index in [1.54, 1.807) is 10.6 Å². The summed E-state index contributed by atoms with van der Waals surface area (Å²) in [5.74, 6) is 0. The molecular weight excluding hydrogens is 170 g/mol. The van der Waals surface area contributed by atoms with Crippen molar-refractivity contribution in [3.05, 3.63) is 23.1 Å². The van der Waals surface area contributed by atoms with Gasteiger partial charge in [0.2, 0.25) is 0 Å². The molecule has 0 saturated heterocycles. The molecule has 0 aromatic carbocycles. The van der Waals surface area contributed by atoms with Crippen molar-refractivity contribution in [1.82, 2.24) is 14.8 Å². The number of hydrogen-bond donors (Lipinski definition) is 1. The van der Waals surface area contributed by atoms with Crippen molar-refractivity contribution >= 4 is 0 Å². The summed E-state index contributed by atoms with van der Waals surface area (Å²) in [5, 5.41) is 6.14. The molecule has 1 aromatic heterocycles. The van der Waals surface area contributed by atoms with Crippen molar-refractivity contribution in [2.75, 3.05) is 6.61 Å². The van der Waals surface area contributed by atoms with Gasteiger partial charge in [0, 0.05) is 6.04 Å². The van der Waals surface area contributed by atoms with Crippen molar-refractivity contribution in [3.63, 3.8) is 0 Å². The van der Waals surface area contributed by atoms with Crippen LogP contribution in [0.15, 0.2) is 17.4 Å². The van der Waals surface area contributed by atoms with Gasteiger partial charge in [0.05, 0.1) is 0 Å². The lowest BCUT2D eigenvalue weighted by Gasteiger charge is -2.02. The topological polar surface area (TPSA) is 59.9 Å². The average Bonchev–Trinajstić information content (AvgIpc) is 2.88. The molecule has 2 rings (SSSR count). The Morgan fingerprint density at radius 3 is 3.15 bits per heavy atom. The van der Waals surface area contributed by atoms with E-state index in [1.807, 2.05) is 0 Å². The second kappa shape index (κ2) is 3.08. The zero-order valence-corrected chi connectivity index (χ0v) is 7.19. The van der Waals surface area contributed by atoms with Crippen LogP contribution < -0.4 is 10.4 Å². The second-order valence-corrected chi connectivity index (χ2v) is 3.01. The Morgan fingerprint density at radius 2 is 2.54 bits per heavy atom. The number of rotatable bonds is 4. The van der Waals surface area contributed by atoms with Crippen LogP contribution in [0.2, 0.25) is 0 Å². The van der Waals surface area contributed by atoms with Gasteiger partial charge in [-0.05, 0) is 12.8 Å². The Labute approximate surface area is 75.0 Å². The van der Waals surface area contributed by atoms with E-state index in [9.17, 15) is 4.79 Å². The number of nitrogens with zero attached hydrogens (tertiary/aromatic N) is 2. The molecule has 0 unspecified atom stereocenters. The van der Waals surface area contributed by atoms with Crippen molar-refractivity contribution in [1.29, 1.82) is 0 Å². The van der Waals surface area contributed by atoms with Crippen molar-refractivity contribution in [2.24, 2.45) is 0 Å². The van der Waals surface area contributed by atoms with E-state index in [-0.39, 0.29) is 11.7 Å². The van der Waals surface area contributed by atoms with Crippen LogP contribution >= 0.6 is 0 Å². The molecule has 70 valence electrons. The quantitative estimate of drug-likeness (QED) is 0.687. The van der Waals surface area contributed by atoms with E-state index in [4.69, 9.17) is 4.74 Å². The normalized spacial score (nSPS) is 15.7. The highest BCUT2D eigenvalue weighted by Gasteiger charge is 2.29. The van der Waals surface area contributed by atoms with Crippen LogP contribution in [-0.4, -0.2) is 21.4 Å². The molecule has 0 radical (unpaired) electrons. The molecule has 1 fully saturated rings. The molecule has 1 aliphatic carbocycles. The van der Waals surface area contributed by atoms with Crippen LogP contribution in [0.5, 0.6) is 6.01 Å². The molecule has 1 saturated carbocycles. The van der Waals surface area contributed by atoms with E-state index >= 15 is 0 Å². The minimum absolute atomic E-state index is 0.193. The molecule has 0 bridgehead atoms. The highest BCUT2D eigenvalue weighted by molar-refractivity contribution is 5.00. The van der Waals surface area contributed by atoms with Gasteiger partial charge in [0.25, 0.3) is 0 Å². The first-order valence-electron chi connectivity index (χ1n) is 4.23. The van der Waals surface area contributed by atoms with Crippen LogP contribution in [0, 0.1) is 0 Å². The lowest BCUT2D eigenvalue weighted by molar-refractivity contribution is 0.313. The zero-order chi connectivity index (χ0) is 9.26. The largest absolute Gasteiger partial charge is 0.459 e. The van der Waals surface area contributed by atoms with E-state index in [0.717, 1.165) is 12.8 Å². The summed E-state index contributed by atoms with van der Waals surface area (Å²) in [6, 6.07) is 0.651. The smallest absolute Gasteiger partial charge is 0.346 e. The van der Waals surface area contributed by atoms with E-state index in [1.165, 1.54) is 0 Å². The standard InChI is InChI=1S/C8H11N3O2/c1-2-5-13-8-10-9-7(12)11(8)6-3-4-6/h2,6H,1,3-5H2,(H,9,12). The molecule has 1 aromatic rings. The van der Waals surface area contributed by atoms with Gasteiger partial charge >= 0.3 is 11.7 Å². The van der Waals surface area contributed by atoms with E-state index < -0.39 is 0 Å². The maximum atomic E-state index is 11.2. The fraction of sp³-hybridized carbons (Fsp3) is 0.500. The molecular formula is C8H11N3O2. The summed E-state index contributed by atoms with van der Waals surface area (Å²) in [7, 11) is 0. The van der Waals surface area contributed by atoms with Gasteiger partial charge in [-0.25, -0.2) is 14.5 Å². The Bertz CT molecular complexity index is 362. The third-order valence-corrected chi connectivity index (χ3v) is 1.91. The summed E-state index contributed by atoms with van der Waals surface area (Å²) in [6.07, 6.45) is 3.68. The average molecular weight is 181 g/mol. The number of aromatic nitrogens is 3. The zero-order valence-electron chi connectivity index (χ0n) is 7.19. The molecule has 1 heterocycles. The van der Waals surface area contributed by atoms with Crippen LogP contribution in [0.1, 0.15) is 18.9 Å². The lowest BCUT2D eigenvalue weighted by Crippen LogP contribution is -2.16. The van der Waals surface area contributed by atoms with Gasteiger partial charge in [-0.2, -0.15) is 0 Å².